The smallest absolute Gasteiger partial charge is 0.255 e. The fraction of sp³-hybridized carbons (Fsp3) is 0.500. The number of rotatable bonds is 2. The van der Waals surface area contributed by atoms with E-state index < -0.39 is 0 Å². The zero-order valence-electron chi connectivity index (χ0n) is 9.64. The van der Waals surface area contributed by atoms with Gasteiger partial charge in [-0.25, -0.2) is 4.98 Å². The van der Waals surface area contributed by atoms with Gasteiger partial charge in [-0.15, -0.1) is 11.8 Å². The SMILES string of the molecule is CSc1ccc(C(=O)N2CCC(C)C2)cn1. The van der Waals surface area contributed by atoms with E-state index >= 15 is 0 Å². The first-order valence-electron chi connectivity index (χ1n) is 5.50. The molecule has 86 valence electrons. The predicted octanol–water partition coefficient (Wildman–Crippen LogP) is 2.29. The summed E-state index contributed by atoms with van der Waals surface area (Å²) in [4.78, 5) is 18.2. The Kier molecular flexibility index (Phi) is 3.49. The molecule has 0 saturated carbocycles. The van der Waals surface area contributed by atoms with E-state index in [9.17, 15) is 4.79 Å². The topological polar surface area (TPSA) is 33.2 Å². The van der Waals surface area contributed by atoms with Crippen molar-refractivity contribution in [1.29, 1.82) is 0 Å². The normalized spacial score (nSPS) is 20.1. The van der Waals surface area contributed by atoms with E-state index in [0.717, 1.165) is 24.5 Å². The molecule has 0 spiro atoms. The van der Waals surface area contributed by atoms with Crippen molar-refractivity contribution in [1.82, 2.24) is 9.88 Å². The highest BCUT2D eigenvalue weighted by molar-refractivity contribution is 7.98. The molecule has 1 amide bonds. The van der Waals surface area contributed by atoms with Crippen molar-refractivity contribution >= 4 is 17.7 Å². The molecule has 1 aliphatic rings. The van der Waals surface area contributed by atoms with E-state index in [4.69, 9.17) is 0 Å². The van der Waals surface area contributed by atoms with Crippen LogP contribution in [0, 0.1) is 5.92 Å². The monoisotopic (exact) mass is 236 g/mol. The first kappa shape index (κ1) is 11.5. The Labute approximate surface area is 100 Å². The summed E-state index contributed by atoms with van der Waals surface area (Å²) in [6.07, 6.45) is 4.77. The van der Waals surface area contributed by atoms with E-state index in [1.807, 2.05) is 23.3 Å². The van der Waals surface area contributed by atoms with Crippen LogP contribution in [0.15, 0.2) is 23.4 Å². The minimum absolute atomic E-state index is 0.115. The fourth-order valence-corrected chi connectivity index (χ4v) is 2.29. The Hall–Kier alpha value is -1.03. The first-order valence-corrected chi connectivity index (χ1v) is 6.72. The van der Waals surface area contributed by atoms with Gasteiger partial charge in [-0.3, -0.25) is 4.79 Å². The lowest BCUT2D eigenvalue weighted by Crippen LogP contribution is -2.28. The van der Waals surface area contributed by atoms with Crippen LogP contribution in [0.3, 0.4) is 0 Å². The molecule has 4 heteroatoms. The van der Waals surface area contributed by atoms with E-state index in [2.05, 4.69) is 11.9 Å². The molecular formula is C12H16N2OS. The third-order valence-corrected chi connectivity index (χ3v) is 3.56. The molecule has 2 rings (SSSR count). The molecule has 1 saturated heterocycles. The standard InChI is InChI=1S/C12H16N2OS/c1-9-5-6-14(8-9)12(15)10-3-4-11(16-2)13-7-10/h3-4,7,9H,5-6,8H2,1-2H3. The summed E-state index contributed by atoms with van der Waals surface area (Å²) in [6, 6.07) is 3.77. The number of thioether (sulfide) groups is 1. The second kappa shape index (κ2) is 4.87. The van der Waals surface area contributed by atoms with Crippen LogP contribution in [0.4, 0.5) is 0 Å². The highest BCUT2D eigenvalue weighted by Gasteiger charge is 2.24. The van der Waals surface area contributed by atoms with Crippen LogP contribution in [-0.2, 0) is 0 Å². The summed E-state index contributed by atoms with van der Waals surface area (Å²) in [6.45, 7) is 3.94. The molecule has 2 heterocycles. The van der Waals surface area contributed by atoms with Gasteiger partial charge in [0.05, 0.1) is 10.6 Å². The van der Waals surface area contributed by atoms with E-state index in [1.165, 1.54) is 0 Å². The minimum Gasteiger partial charge on any atom is -0.338 e. The van der Waals surface area contributed by atoms with E-state index in [0.29, 0.717) is 11.5 Å². The number of nitrogens with zero attached hydrogens (tertiary/aromatic N) is 2. The molecule has 3 nitrogen and oxygen atoms in total. The third-order valence-electron chi connectivity index (χ3n) is 2.90. The zero-order valence-corrected chi connectivity index (χ0v) is 10.5. The molecule has 16 heavy (non-hydrogen) atoms. The van der Waals surface area contributed by atoms with Crippen LogP contribution in [-0.4, -0.2) is 35.1 Å². The minimum atomic E-state index is 0.115. The summed E-state index contributed by atoms with van der Waals surface area (Å²) < 4.78 is 0. The van der Waals surface area contributed by atoms with Crippen molar-refractivity contribution in [2.45, 2.75) is 18.4 Å². The maximum absolute atomic E-state index is 12.1. The van der Waals surface area contributed by atoms with E-state index in [-0.39, 0.29) is 5.91 Å². The van der Waals surface area contributed by atoms with Gasteiger partial charge in [0.1, 0.15) is 0 Å². The maximum atomic E-state index is 12.1. The molecule has 0 aliphatic carbocycles. The molecular weight excluding hydrogens is 220 g/mol. The average Bonchev–Trinajstić information content (AvgIpc) is 2.75. The van der Waals surface area contributed by atoms with Crippen molar-refractivity contribution < 1.29 is 4.79 Å². The van der Waals surface area contributed by atoms with Gasteiger partial charge >= 0.3 is 0 Å². The Morgan fingerprint density at radius 3 is 2.88 bits per heavy atom. The lowest BCUT2D eigenvalue weighted by Gasteiger charge is -2.15. The van der Waals surface area contributed by atoms with Crippen LogP contribution in [0.1, 0.15) is 23.7 Å². The molecule has 1 aliphatic heterocycles. The summed E-state index contributed by atoms with van der Waals surface area (Å²) in [5, 5.41) is 0.950. The van der Waals surface area contributed by atoms with Crippen molar-refractivity contribution in [2.24, 2.45) is 5.92 Å². The van der Waals surface area contributed by atoms with Crippen molar-refractivity contribution in [3.8, 4) is 0 Å². The Morgan fingerprint density at radius 2 is 2.38 bits per heavy atom. The van der Waals surface area contributed by atoms with Gasteiger partial charge in [0.2, 0.25) is 0 Å². The third kappa shape index (κ3) is 2.38. The number of carbonyl (C=O) groups excluding carboxylic acids is 1. The van der Waals surface area contributed by atoms with Crippen molar-refractivity contribution in [3.63, 3.8) is 0 Å². The van der Waals surface area contributed by atoms with Crippen molar-refractivity contribution in [3.05, 3.63) is 23.9 Å². The molecule has 1 atom stereocenters. The maximum Gasteiger partial charge on any atom is 0.255 e. The number of pyridine rings is 1. The number of amides is 1. The Bertz CT molecular complexity index is 377. The van der Waals surface area contributed by atoms with Gasteiger partial charge in [0.25, 0.3) is 5.91 Å². The number of likely N-dealkylation sites (tertiary alicyclic amines) is 1. The predicted molar refractivity (Wildman–Crippen MR) is 65.7 cm³/mol. The summed E-state index contributed by atoms with van der Waals surface area (Å²) in [5.41, 5.74) is 0.701. The van der Waals surface area contributed by atoms with Gasteiger partial charge in [0, 0.05) is 19.3 Å². The molecule has 0 aromatic carbocycles. The van der Waals surface area contributed by atoms with Crippen molar-refractivity contribution in [2.75, 3.05) is 19.3 Å². The second-order valence-corrected chi connectivity index (χ2v) is 5.06. The largest absolute Gasteiger partial charge is 0.338 e. The lowest BCUT2D eigenvalue weighted by molar-refractivity contribution is 0.0787. The first-order chi connectivity index (χ1) is 7.70. The van der Waals surface area contributed by atoms with Crippen LogP contribution in [0.2, 0.25) is 0 Å². The van der Waals surface area contributed by atoms with Crippen LogP contribution in [0.5, 0.6) is 0 Å². The van der Waals surface area contributed by atoms with Crippen LogP contribution < -0.4 is 0 Å². The summed E-state index contributed by atoms with van der Waals surface area (Å²) >= 11 is 1.59. The molecule has 0 radical (unpaired) electrons. The van der Waals surface area contributed by atoms with Gasteiger partial charge < -0.3 is 4.90 Å². The Balaban J connectivity index is 2.08. The molecule has 0 bridgehead atoms. The van der Waals surface area contributed by atoms with E-state index in [1.54, 1.807) is 18.0 Å². The number of aromatic nitrogens is 1. The number of carbonyl (C=O) groups is 1. The lowest BCUT2D eigenvalue weighted by atomic mass is 10.2. The highest BCUT2D eigenvalue weighted by Crippen LogP contribution is 2.18. The fourth-order valence-electron chi connectivity index (χ4n) is 1.93. The quantitative estimate of drug-likeness (QED) is 0.739. The van der Waals surface area contributed by atoms with Gasteiger partial charge in [-0.2, -0.15) is 0 Å². The van der Waals surface area contributed by atoms with Gasteiger partial charge in [-0.05, 0) is 30.7 Å². The van der Waals surface area contributed by atoms with Crippen LogP contribution in [0.25, 0.3) is 0 Å². The molecule has 1 unspecified atom stereocenters. The highest BCUT2D eigenvalue weighted by atomic mass is 32.2. The molecule has 1 aromatic rings. The van der Waals surface area contributed by atoms with Crippen LogP contribution >= 0.6 is 11.8 Å². The van der Waals surface area contributed by atoms with Gasteiger partial charge in [0.15, 0.2) is 0 Å². The zero-order chi connectivity index (χ0) is 11.5. The second-order valence-electron chi connectivity index (χ2n) is 4.23. The van der Waals surface area contributed by atoms with Gasteiger partial charge in [-0.1, -0.05) is 6.92 Å². The number of hydrogen-bond acceptors (Lipinski definition) is 3. The Morgan fingerprint density at radius 1 is 1.56 bits per heavy atom. The molecule has 1 aromatic heterocycles. The molecule has 0 N–H and O–H groups in total. The average molecular weight is 236 g/mol. The summed E-state index contributed by atoms with van der Waals surface area (Å²) in [5.74, 6) is 0.742. The number of hydrogen-bond donors (Lipinski definition) is 0. The molecule has 1 fully saturated rings. The summed E-state index contributed by atoms with van der Waals surface area (Å²) in [7, 11) is 0.